The van der Waals surface area contributed by atoms with Gasteiger partial charge in [-0.25, -0.2) is 0 Å². The lowest BCUT2D eigenvalue weighted by Crippen LogP contribution is -2.51. The van der Waals surface area contributed by atoms with Crippen LogP contribution >= 0.6 is 0 Å². The van der Waals surface area contributed by atoms with E-state index in [-0.39, 0.29) is 11.9 Å². The van der Waals surface area contributed by atoms with Crippen LogP contribution in [0, 0.1) is 5.92 Å². The predicted molar refractivity (Wildman–Crippen MR) is 75.3 cm³/mol. The monoisotopic (exact) mass is 255 g/mol. The number of likely N-dealkylation sites (tertiary alicyclic amines) is 1. The Morgan fingerprint density at radius 2 is 2.28 bits per heavy atom. The first-order chi connectivity index (χ1) is 8.56. The van der Waals surface area contributed by atoms with Gasteiger partial charge in [-0.1, -0.05) is 20.3 Å². The Hall–Kier alpha value is -0.610. The molecule has 3 atom stereocenters. The summed E-state index contributed by atoms with van der Waals surface area (Å²) in [5.74, 6) is 0.876. The van der Waals surface area contributed by atoms with E-state index in [0.29, 0.717) is 19.1 Å². The molecular formula is C14H29N3O. The first-order valence-corrected chi connectivity index (χ1v) is 7.30. The van der Waals surface area contributed by atoms with Gasteiger partial charge in [0.1, 0.15) is 0 Å². The highest BCUT2D eigenvalue weighted by Crippen LogP contribution is 2.21. The van der Waals surface area contributed by atoms with Crippen LogP contribution in [0.25, 0.3) is 0 Å². The number of amides is 1. The number of carbonyl (C=O) groups excluding carboxylic acids is 1. The van der Waals surface area contributed by atoms with E-state index in [1.54, 1.807) is 0 Å². The van der Waals surface area contributed by atoms with Crippen molar-refractivity contribution in [2.75, 3.05) is 19.6 Å². The smallest absolute Gasteiger partial charge is 0.234 e. The standard InChI is InChI=1S/C14H29N3O/c1-4-5-12(3)16-14(18)10-17-7-6-11(2)8-13(17)9-15/h11-13H,4-10,15H2,1-3H3,(H,16,18). The van der Waals surface area contributed by atoms with Crippen LogP contribution in [0.2, 0.25) is 0 Å². The van der Waals surface area contributed by atoms with E-state index in [1.807, 2.05) is 0 Å². The van der Waals surface area contributed by atoms with Gasteiger partial charge in [0.15, 0.2) is 0 Å². The first-order valence-electron chi connectivity index (χ1n) is 7.30. The Bertz CT molecular complexity index is 257. The average Bonchev–Trinajstić information content (AvgIpc) is 2.31. The summed E-state index contributed by atoms with van der Waals surface area (Å²) in [6, 6.07) is 0.656. The molecule has 0 radical (unpaired) electrons. The third kappa shape index (κ3) is 4.94. The molecule has 0 aliphatic carbocycles. The Kier molecular flexibility index (Phi) is 6.65. The molecule has 1 aliphatic heterocycles. The highest BCUT2D eigenvalue weighted by Gasteiger charge is 2.26. The number of hydrogen-bond donors (Lipinski definition) is 2. The summed E-state index contributed by atoms with van der Waals surface area (Å²) in [7, 11) is 0. The lowest BCUT2D eigenvalue weighted by atomic mass is 9.92. The van der Waals surface area contributed by atoms with Crippen LogP contribution < -0.4 is 11.1 Å². The van der Waals surface area contributed by atoms with Gasteiger partial charge in [-0.3, -0.25) is 9.69 Å². The summed E-state index contributed by atoms with van der Waals surface area (Å²) in [5, 5.41) is 3.06. The molecule has 1 amide bonds. The van der Waals surface area contributed by atoms with E-state index >= 15 is 0 Å². The molecule has 4 nitrogen and oxygen atoms in total. The van der Waals surface area contributed by atoms with E-state index in [4.69, 9.17) is 5.73 Å². The highest BCUT2D eigenvalue weighted by atomic mass is 16.2. The maximum absolute atomic E-state index is 11.9. The average molecular weight is 255 g/mol. The quantitative estimate of drug-likeness (QED) is 0.753. The molecule has 106 valence electrons. The lowest BCUT2D eigenvalue weighted by Gasteiger charge is -2.37. The van der Waals surface area contributed by atoms with Crippen molar-refractivity contribution in [1.82, 2.24) is 10.2 Å². The molecule has 1 aliphatic rings. The molecule has 1 fully saturated rings. The van der Waals surface area contributed by atoms with Crippen molar-refractivity contribution in [3.63, 3.8) is 0 Å². The van der Waals surface area contributed by atoms with Crippen LogP contribution in [0.3, 0.4) is 0 Å². The van der Waals surface area contributed by atoms with Crippen molar-refractivity contribution >= 4 is 5.91 Å². The van der Waals surface area contributed by atoms with Crippen LogP contribution in [0.1, 0.15) is 46.5 Å². The number of nitrogens with zero attached hydrogens (tertiary/aromatic N) is 1. The number of piperidine rings is 1. The van der Waals surface area contributed by atoms with Crippen LogP contribution in [0.15, 0.2) is 0 Å². The van der Waals surface area contributed by atoms with Gasteiger partial charge >= 0.3 is 0 Å². The zero-order chi connectivity index (χ0) is 13.5. The third-order valence-electron chi connectivity index (χ3n) is 3.85. The Labute approximate surface area is 111 Å². The Balaban J connectivity index is 2.38. The maximum Gasteiger partial charge on any atom is 0.234 e. The van der Waals surface area contributed by atoms with Crippen LogP contribution in [0.5, 0.6) is 0 Å². The zero-order valence-electron chi connectivity index (χ0n) is 12.1. The van der Waals surface area contributed by atoms with E-state index in [9.17, 15) is 4.79 Å². The highest BCUT2D eigenvalue weighted by molar-refractivity contribution is 5.78. The fourth-order valence-electron chi connectivity index (χ4n) is 2.76. The molecule has 0 bridgehead atoms. The van der Waals surface area contributed by atoms with Crippen LogP contribution in [-0.4, -0.2) is 42.5 Å². The second-order valence-corrected chi connectivity index (χ2v) is 5.75. The number of nitrogens with one attached hydrogen (secondary N) is 1. The van der Waals surface area contributed by atoms with E-state index in [0.717, 1.165) is 31.7 Å². The van der Waals surface area contributed by atoms with Gasteiger partial charge in [-0.2, -0.15) is 0 Å². The minimum atomic E-state index is 0.143. The summed E-state index contributed by atoms with van der Waals surface area (Å²) in [4.78, 5) is 14.2. The topological polar surface area (TPSA) is 58.4 Å². The molecule has 1 saturated heterocycles. The van der Waals surface area contributed by atoms with E-state index < -0.39 is 0 Å². The van der Waals surface area contributed by atoms with Crippen molar-refractivity contribution in [2.45, 2.75) is 58.5 Å². The fraction of sp³-hybridized carbons (Fsp3) is 0.929. The van der Waals surface area contributed by atoms with Crippen LogP contribution in [0.4, 0.5) is 0 Å². The summed E-state index contributed by atoms with van der Waals surface area (Å²) < 4.78 is 0. The summed E-state index contributed by atoms with van der Waals surface area (Å²) in [6.07, 6.45) is 4.44. The maximum atomic E-state index is 11.9. The predicted octanol–water partition coefficient (Wildman–Crippen LogP) is 1.35. The van der Waals surface area contributed by atoms with E-state index in [2.05, 4.69) is 31.0 Å². The number of hydrogen-bond acceptors (Lipinski definition) is 3. The number of carbonyl (C=O) groups is 1. The number of rotatable bonds is 6. The second-order valence-electron chi connectivity index (χ2n) is 5.75. The molecule has 1 rings (SSSR count). The number of nitrogens with two attached hydrogens (primary N) is 1. The molecule has 3 unspecified atom stereocenters. The summed E-state index contributed by atoms with van der Waals surface area (Å²) in [6.45, 7) is 8.63. The second kappa shape index (κ2) is 7.74. The SMILES string of the molecule is CCCC(C)NC(=O)CN1CCC(C)CC1CN. The Morgan fingerprint density at radius 1 is 1.56 bits per heavy atom. The molecule has 1 heterocycles. The van der Waals surface area contributed by atoms with Crippen molar-refractivity contribution in [3.05, 3.63) is 0 Å². The molecule has 3 N–H and O–H groups in total. The molecule has 18 heavy (non-hydrogen) atoms. The van der Waals surface area contributed by atoms with Gasteiger partial charge in [-0.05, 0) is 38.6 Å². The van der Waals surface area contributed by atoms with Gasteiger partial charge < -0.3 is 11.1 Å². The van der Waals surface area contributed by atoms with Crippen LogP contribution in [-0.2, 0) is 4.79 Å². The molecule has 4 heteroatoms. The largest absolute Gasteiger partial charge is 0.353 e. The molecule has 0 saturated carbocycles. The Morgan fingerprint density at radius 3 is 2.89 bits per heavy atom. The fourth-order valence-corrected chi connectivity index (χ4v) is 2.76. The molecule has 0 aromatic heterocycles. The van der Waals surface area contributed by atoms with Gasteiger partial charge in [-0.15, -0.1) is 0 Å². The minimum absolute atomic E-state index is 0.143. The van der Waals surface area contributed by atoms with Gasteiger partial charge in [0.05, 0.1) is 6.54 Å². The van der Waals surface area contributed by atoms with Crippen molar-refractivity contribution < 1.29 is 4.79 Å². The van der Waals surface area contributed by atoms with Crippen molar-refractivity contribution in [2.24, 2.45) is 11.7 Å². The first kappa shape index (κ1) is 15.4. The molecule has 0 aromatic rings. The van der Waals surface area contributed by atoms with Gasteiger partial charge in [0.25, 0.3) is 0 Å². The van der Waals surface area contributed by atoms with Crippen molar-refractivity contribution in [1.29, 1.82) is 0 Å². The minimum Gasteiger partial charge on any atom is -0.353 e. The molecule has 0 spiro atoms. The molecular weight excluding hydrogens is 226 g/mol. The summed E-state index contributed by atoms with van der Waals surface area (Å²) in [5.41, 5.74) is 5.81. The zero-order valence-corrected chi connectivity index (χ0v) is 12.1. The third-order valence-corrected chi connectivity index (χ3v) is 3.85. The lowest BCUT2D eigenvalue weighted by molar-refractivity contribution is -0.123. The van der Waals surface area contributed by atoms with Gasteiger partial charge in [0, 0.05) is 18.6 Å². The van der Waals surface area contributed by atoms with Crippen molar-refractivity contribution in [3.8, 4) is 0 Å². The molecule has 0 aromatic carbocycles. The van der Waals surface area contributed by atoms with Gasteiger partial charge in [0.2, 0.25) is 5.91 Å². The van der Waals surface area contributed by atoms with E-state index in [1.165, 1.54) is 6.42 Å². The summed E-state index contributed by atoms with van der Waals surface area (Å²) >= 11 is 0. The normalized spacial score (nSPS) is 26.9.